The first-order valence-corrected chi connectivity index (χ1v) is 14.4. The van der Waals surface area contributed by atoms with Crippen LogP contribution in [-0.4, -0.2) is 20.2 Å². The fourth-order valence-corrected chi connectivity index (χ4v) is 6.92. The molecule has 0 radical (unpaired) electrons. The number of benzene rings is 3. The lowest BCUT2D eigenvalue weighted by Gasteiger charge is -2.25. The zero-order valence-electron chi connectivity index (χ0n) is 22.2. The molecule has 7 rings (SSSR count). The second-order valence-electron chi connectivity index (χ2n) is 11.1. The number of hydrogen-bond acceptors (Lipinski definition) is 2. The normalized spacial score (nSPS) is 16.0. The number of ether oxygens (including phenoxy) is 1. The van der Waals surface area contributed by atoms with E-state index in [1.807, 2.05) is 24.3 Å². The summed E-state index contributed by atoms with van der Waals surface area (Å²) < 4.78 is 11.3. The van der Waals surface area contributed by atoms with Crippen molar-refractivity contribution in [2.75, 3.05) is 0 Å². The lowest BCUT2D eigenvalue weighted by atomic mass is 9.82. The summed E-state index contributed by atoms with van der Waals surface area (Å²) in [5, 5.41) is 12.2. The Balaban J connectivity index is 1.44. The van der Waals surface area contributed by atoms with Crippen LogP contribution < -0.4 is 4.74 Å². The smallest absolute Gasteiger partial charge is 0.335 e. The second kappa shape index (κ2) is 9.96. The van der Waals surface area contributed by atoms with Gasteiger partial charge in [0, 0.05) is 29.4 Å². The Morgan fingerprint density at radius 3 is 2.38 bits per heavy atom. The predicted molar refractivity (Wildman–Crippen MR) is 156 cm³/mol. The Hall–Kier alpha value is -3.99. The van der Waals surface area contributed by atoms with E-state index >= 15 is 0 Å². The van der Waals surface area contributed by atoms with Gasteiger partial charge in [-0.25, -0.2) is 4.79 Å². The monoisotopic (exact) mass is 518 g/mol. The molecule has 3 aromatic carbocycles. The van der Waals surface area contributed by atoms with E-state index in [9.17, 15) is 9.90 Å². The zero-order valence-corrected chi connectivity index (χ0v) is 22.2. The van der Waals surface area contributed by atoms with Crippen LogP contribution in [0.5, 0.6) is 5.75 Å². The van der Waals surface area contributed by atoms with Crippen LogP contribution >= 0.6 is 0 Å². The first kappa shape index (κ1) is 24.1. The second-order valence-corrected chi connectivity index (χ2v) is 11.1. The van der Waals surface area contributed by atoms with Crippen LogP contribution in [0.1, 0.15) is 72.3 Å². The number of aromatic nitrogens is 2. The maximum absolute atomic E-state index is 11.9. The van der Waals surface area contributed by atoms with E-state index in [1.54, 1.807) is 6.07 Å². The van der Waals surface area contributed by atoms with E-state index < -0.39 is 5.97 Å². The van der Waals surface area contributed by atoms with E-state index in [1.165, 1.54) is 60.0 Å². The van der Waals surface area contributed by atoms with Crippen LogP contribution in [0.25, 0.3) is 33.2 Å². The molecule has 0 unspecified atom stereocenters. The van der Waals surface area contributed by atoms with Gasteiger partial charge in [-0.05, 0) is 73.1 Å². The molecule has 2 aliphatic rings. The van der Waals surface area contributed by atoms with Gasteiger partial charge in [-0.3, -0.25) is 0 Å². The van der Waals surface area contributed by atoms with Gasteiger partial charge in [-0.2, -0.15) is 0 Å². The van der Waals surface area contributed by atoms with Crippen molar-refractivity contribution in [3.05, 3.63) is 89.5 Å². The Labute approximate surface area is 228 Å². The molecule has 0 atom stereocenters. The fraction of sp³-hybridized carbons (Fsp3) is 0.324. The minimum absolute atomic E-state index is 0.359. The van der Waals surface area contributed by atoms with Crippen LogP contribution in [0.2, 0.25) is 0 Å². The quantitative estimate of drug-likeness (QED) is 0.254. The third-order valence-electron chi connectivity index (χ3n) is 8.76. The molecule has 0 bridgehead atoms. The number of aryl methyl sites for hydroxylation is 2. The fourth-order valence-electron chi connectivity index (χ4n) is 6.92. The first-order chi connectivity index (χ1) is 19.2. The van der Waals surface area contributed by atoms with Crippen LogP contribution in [0.15, 0.2) is 72.8 Å². The summed E-state index contributed by atoms with van der Waals surface area (Å²) in [6.07, 6.45) is 8.33. The SMILES string of the molecule is O=C(O)c1ccc2c(C3CCCCC3)c3n(c2c1)CCCCn1c-3cc2c(OCc3ccccc3)cccc21. The van der Waals surface area contributed by atoms with E-state index in [2.05, 4.69) is 51.6 Å². The number of rotatable bonds is 5. The van der Waals surface area contributed by atoms with Gasteiger partial charge < -0.3 is 19.0 Å². The van der Waals surface area contributed by atoms with Crippen molar-refractivity contribution < 1.29 is 14.6 Å². The van der Waals surface area contributed by atoms with E-state index in [4.69, 9.17) is 4.74 Å². The summed E-state index contributed by atoms with van der Waals surface area (Å²) in [5.74, 6) is 0.533. The van der Waals surface area contributed by atoms with Gasteiger partial charge in [-0.15, -0.1) is 0 Å². The molecule has 0 amide bonds. The number of fused-ring (bicyclic) bond motifs is 7. The van der Waals surface area contributed by atoms with Gasteiger partial charge in [0.1, 0.15) is 12.4 Å². The Kier molecular flexibility index (Phi) is 6.15. The molecule has 3 heterocycles. The maximum Gasteiger partial charge on any atom is 0.335 e. The van der Waals surface area contributed by atoms with Crippen LogP contribution in [-0.2, 0) is 19.7 Å². The zero-order chi connectivity index (χ0) is 26.3. The number of carbonyl (C=O) groups is 1. The summed E-state index contributed by atoms with van der Waals surface area (Å²) in [6.45, 7) is 2.40. The minimum Gasteiger partial charge on any atom is -0.488 e. The third kappa shape index (κ3) is 4.21. The van der Waals surface area contributed by atoms with Crippen molar-refractivity contribution in [3.8, 4) is 17.1 Å². The molecule has 39 heavy (non-hydrogen) atoms. The molecular formula is C34H34N2O3. The third-order valence-corrected chi connectivity index (χ3v) is 8.76. The molecule has 0 saturated heterocycles. The van der Waals surface area contributed by atoms with E-state index in [0.29, 0.717) is 18.1 Å². The van der Waals surface area contributed by atoms with Crippen molar-refractivity contribution in [1.82, 2.24) is 9.13 Å². The molecule has 1 saturated carbocycles. The summed E-state index contributed by atoms with van der Waals surface area (Å²) >= 11 is 0. The highest BCUT2D eigenvalue weighted by Crippen LogP contribution is 2.46. The van der Waals surface area contributed by atoms with Gasteiger partial charge in [0.25, 0.3) is 0 Å². The Bertz CT molecular complexity index is 1670. The van der Waals surface area contributed by atoms with Crippen LogP contribution in [0.3, 0.4) is 0 Å². The average molecular weight is 519 g/mol. The van der Waals surface area contributed by atoms with Crippen LogP contribution in [0, 0.1) is 0 Å². The highest BCUT2D eigenvalue weighted by Gasteiger charge is 2.30. The molecule has 0 spiro atoms. The van der Waals surface area contributed by atoms with E-state index in [0.717, 1.165) is 48.1 Å². The van der Waals surface area contributed by atoms with Crippen molar-refractivity contribution in [2.24, 2.45) is 0 Å². The van der Waals surface area contributed by atoms with Crippen molar-refractivity contribution in [3.63, 3.8) is 0 Å². The summed E-state index contributed by atoms with van der Waals surface area (Å²) in [7, 11) is 0. The largest absolute Gasteiger partial charge is 0.488 e. The van der Waals surface area contributed by atoms with Gasteiger partial charge >= 0.3 is 5.97 Å². The van der Waals surface area contributed by atoms with Crippen molar-refractivity contribution in [2.45, 2.75) is 70.6 Å². The Morgan fingerprint density at radius 1 is 0.795 bits per heavy atom. The lowest BCUT2D eigenvalue weighted by molar-refractivity contribution is 0.0697. The van der Waals surface area contributed by atoms with Gasteiger partial charge in [0.05, 0.1) is 22.5 Å². The number of nitrogens with zero attached hydrogens (tertiary/aromatic N) is 2. The summed E-state index contributed by atoms with van der Waals surface area (Å²) in [4.78, 5) is 11.9. The summed E-state index contributed by atoms with van der Waals surface area (Å²) in [5.41, 5.74) is 7.70. The number of carboxylic acids is 1. The molecule has 198 valence electrons. The first-order valence-electron chi connectivity index (χ1n) is 14.4. The molecule has 1 aliphatic carbocycles. The van der Waals surface area contributed by atoms with Gasteiger partial charge in [-0.1, -0.05) is 61.7 Å². The topological polar surface area (TPSA) is 56.4 Å². The average Bonchev–Trinajstić information content (AvgIpc) is 3.48. The van der Waals surface area contributed by atoms with Crippen LogP contribution in [0.4, 0.5) is 0 Å². The molecule has 5 nitrogen and oxygen atoms in total. The van der Waals surface area contributed by atoms with Crippen molar-refractivity contribution >= 4 is 27.8 Å². The van der Waals surface area contributed by atoms with Gasteiger partial charge in [0.2, 0.25) is 0 Å². The highest BCUT2D eigenvalue weighted by molar-refractivity contribution is 6.00. The number of hydrogen-bond donors (Lipinski definition) is 1. The highest BCUT2D eigenvalue weighted by atomic mass is 16.5. The lowest BCUT2D eigenvalue weighted by Crippen LogP contribution is -2.12. The van der Waals surface area contributed by atoms with Gasteiger partial charge in [0.15, 0.2) is 0 Å². The van der Waals surface area contributed by atoms with Crippen molar-refractivity contribution in [1.29, 1.82) is 0 Å². The maximum atomic E-state index is 11.9. The number of carboxylic acid groups (broad SMARTS) is 1. The molecule has 1 N–H and O–H groups in total. The molecule has 1 fully saturated rings. The molecule has 1 aliphatic heterocycles. The minimum atomic E-state index is -0.869. The predicted octanol–water partition coefficient (Wildman–Crippen LogP) is 8.38. The summed E-state index contributed by atoms with van der Waals surface area (Å²) in [6, 6.07) is 24.8. The molecular weight excluding hydrogens is 484 g/mol. The molecule has 5 aromatic rings. The Morgan fingerprint density at radius 2 is 1.59 bits per heavy atom. The molecule has 2 aromatic heterocycles. The van der Waals surface area contributed by atoms with E-state index in [-0.39, 0.29) is 0 Å². The number of aromatic carboxylic acids is 1. The molecule has 5 heteroatoms. The standard InChI is InChI=1S/C34H34N2O3/c37-34(38)25-16-17-26-29(20-25)36-19-8-7-18-35-28-14-9-15-31(39-22-23-10-3-1-4-11-23)27(28)21-30(35)33(36)32(26)24-12-5-2-6-13-24/h1,3-4,9-11,14-17,20-21,24H,2,5-8,12-13,18-19,22H2,(H,37,38).